The summed E-state index contributed by atoms with van der Waals surface area (Å²) < 4.78 is 5.36. The van der Waals surface area contributed by atoms with Gasteiger partial charge < -0.3 is 20.6 Å². The van der Waals surface area contributed by atoms with Crippen LogP contribution in [-0.2, 0) is 0 Å². The molecule has 0 radical (unpaired) electrons. The van der Waals surface area contributed by atoms with Gasteiger partial charge >= 0.3 is 0 Å². The smallest absolute Gasteiger partial charge is 0.145 e. The number of aryl methyl sites for hydroxylation is 1. The standard InChI is InChI=1S/C8H12N2O2/c1-4-2-10-6-7(11)5(9)3-12-8(4)6/h2,5,7,10-11H,3,9H2,1H3. The molecule has 0 fully saturated rings. The van der Waals surface area contributed by atoms with E-state index in [1.54, 1.807) is 0 Å². The first kappa shape index (κ1) is 7.64. The Labute approximate surface area is 70.3 Å². The third-order valence-electron chi connectivity index (χ3n) is 2.17. The summed E-state index contributed by atoms with van der Waals surface area (Å²) in [5.74, 6) is 0.754. The number of H-pyrrole nitrogens is 1. The number of hydrogen-bond acceptors (Lipinski definition) is 3. The van der Waals surface area contributed by atoms with E-state index in [9.17, 15) is 5.11 Å². The van der Waals surface area contributed by atoms with E-state index in [-0.39, 0.29) is 6.04 Å². The van der Waals surface area contributed by atoms with Gasteiger partial charge in [0.25, 0.3) is 0 Å². The van der Waals surface area contributed by atoms with Gasteiger partial charge in [0.2, 0.25) is 0 Å². The minimum Gasteiger partial charge on any atom is -0.490 e. The molecule has 4 nitrogen and oxygen atoms in total. The zero-order chi connectivity index (χ0) is 8.72. The second kappa shape index (κ2) is 2.50. The summed E-state index contributed by atoms with van der Waals surface area (Å²) >= 11 is 0. The fraction of sp³-hybridized carbons (Fsp3) is 0.500. The van der Waals surface area contributed by atoms with Crippen LogP contribution >= 0.6 is 0 Å². The first-order valence-electron chi connectivity index (χ1n) is 3.94. The van der Waals surface area contributed by atoms with Crippen LogP contribution in [0.4, 0.5) is 0 Å². The number of aromatic nitrogens is 1. The summed E-state index contributed by atoms with van der Waals surface area (Å²) in [6.07, 6.45) is 1.19. The lowest BCUT2D eigenvalue weighted by Crippen LogP contribution is -2.38. The Morgan fingerprint density at radius 2 is 2.50 bits per heavy atom. The van der Waals surface area contributed by atoms with Crippen molar-refractivity contribution >= 4 is 0 Å². The molecule has 2 heterocycles. The molecule has 0 spiro atoms. The molecule has 12 heavy (non-hydrogen) atoms. The van der Waals surface area contributed by atoms with E-state index >= 15 is 0 Å². The highest BCUT2D eigenvalue weighted by molar-refractivity contribution is 5.40. The van der Waals surface area contributed by atoms with E-state index in [1.807, 2.05) is 13.1 Å². The maximum atomic E-state index is 9.61. The maximum absolute atomic E-state index is 9.61. The van der Waals surface area contributed by atoms with E-state index in [4.69, 9.17) is 10.5 Å². The molecule has 1 aliphatic heterocycles. The summed E-state index contributed by atoms with van der Waals surface area (Å²) in [6, 6.07) is -0.324. The van der Waals surface area contributed by atoms with Crippen molar-refractivity contribution in [1.29, 1.82) is 0 Å². The lowest BCUT2D eigenvalue weighted by molar-refractivity contribution is 0.0882. The molecular formula is C8H12N2O2. The number of hydrogen-bond donors (Lipinski definition) is 3. The average molecular weight is 168 g/mol. The van der Waals surface area contributed by atoms with Crippen molar-refractivity contribution in [3.63, 3.8) is 0 Å². The summed E-state index contributed by atoms with van der Waals surface area (Å²) in [5.41, 5.74) is 7.32. The van der Waals surface area contributed by atoms with Gasteiger partial charge in [0.05, 0.1) is 11.7 Å². The normalized spacial score (nSPS) is 27.9. The lowest BCUT2D eigenvalue weighted by Gasteiger charge is -2.25. The number of fused-ring (bicyclic) bond motifs is 1. The van der Waals surface area contributed by atoms with Gasteiger partial charge in [-0.15, -0.1) is 0 Å². The molecule has 4 heteroatoms. The first-order chi connectivity index (χ1) is 5.70. The fourth-order valence-corrected chi connectivity index (χ4v) is 1.43. The van der Waals surface area contributed by atoms with Crippen LogP contribution in [0.5, 0.6) is 5.75 Å². The largest absolute Gasteiger partial charge is 0.490 e. The van der Waals surface area contributed by atoms with Crippen LogP contribution in [0.2, 0.25) is 0 Å². The number of aromatic amines is 1. The minimum atomic E-state index is -0.623. The van der Waals surface area contributed by atoms with Crippen molar-refractivity contribution in [2.45, 2.75) is 19.1 Å². The van der Waals surface area contributed by atoms with Gasteiger partial charge in [0.15, 0.2) is 0 Å². The Morgan fingerprint density at radius 3 is 3.25 bits per heavy atom. The van der Waals surface area contributed by atoms with Crippen LogP contribution in [0.3, 0.4) is 0 Å². The Hall–Kier alpha value is -1.00. The molecule has 0 bridgehead atoms. The van der Waals surface area contributed by atoms with Gasteiger partial charge in [-0.25, -0.2) is 0 Å². The molecule has 1 aliphatic rings. The SMILES string of the molecule is Cc1c[nH]c2c1OCC(N)C2O. The predicted octanol–water partition coefficient (Wildman–Crippen LogP) is 0.0762. The van der Waals surface area contributed by atoms with Gasteiger partial charge in [-0.3, -0.25) is 0 Å². The highest BCUT2D eigenvalue weighted by Gasteiger charge is 2.28. The second-order valence-corrected chi connectivity index (χ2v) is 3.13. The monoisotopic (exact) mass is 168 g/mol. The van der Waals surface area contributed by atoms with Crippen molar-refractivity contribution in [3.05, 3.63) is 17.5 Å². The van der Waals surface area contributed by atoms with Crippen molar-refractivity contribution in [1.82, 2.24) is 4.98 Å². The molecule has 2 atom stereocenters. The summed E-state index contributed by atoms with van der Waals surface area (Å²) in [4.78, 5) is 2.95. The number of ether oxygens (including phenoxy) is 1. The van der Waals surface area contributed by atoms with E-state index in [1.165, 1.54) is 0 Å². The summed E-state index contributed by atoms with van der Waals surface area (Å²) in [5, 5.41) is 9.61. The van der Waals surface area contributed by atoms with Gasteiger partial charge in [0, 0.05) is 11.8 Å². The molecule has 2 rings (SSSR count). The Bertz CT molecular complexity index is 295. The third kappa shape index (κ3) is 0.922. The Balaban J connectivity index is 2.43. The van der Waals surface area contributed by atoms with Crippen LogP contribution < -0.4 is 10.5 Å². The van der Waals surface area contributed by atoms with Crippen LogP contribution in [-0.4, -0.2) is 22.7 Å². The molecule has 0 amide bonds. The second-order valence-electron chi connectivity index (χ2n) is 3.13. The topological polar surface area (TPSA) is 71.3 Å². The molecular weight excluding hydrogens is 156 g/mol. The first-order valence-corrected chi connectivity index (χ1v) is 3.94. The maximum Gasteiger partial charge on any atom is 0.145 e. The summed E-state index contributed by atoms with van der Waals surface area (Å²) in [7, 11) is 0. The molecule has 2 unspecified atom stereocenters. The molecule has 0 aromatic carbocycles. The van der Waals surface area contributed by atoms with Crippen molar-refractivity contribution in [2.24, 2.45) is 5.73 Å². The number of nitrogens with two attached hydrogens (primary N) is 1. The molecule has 1 aromatic rings. The Morgan fingerprint density at radius 1 is 1.75 bits per heavy atom. The molecule has 0 aliphatic carbocycles. The van der Waals surface area contributed by atoms with Crippen LogP contribution in [0, 0.1) is 6.92 Å². The number of rotatable bonds is 0. The van der Waals surface area contributed by atoms with E-state index in [2.05, 4.69) is 4.98 Å². The van der Waals surface area contributed by atoms with Gasteiger partial charge in [-0.2, -0.15) is 0 Å². The molecule has 66 valence electrons. The van der Waals surface area contributed by atoms with E-state index in [0.717, 1.165) is 11.3 Å². The third-order valence-corrected chi connectivity index (χ3v) is 2.17. The van der Waals surface area contributed by atoms with E-state index < -0.39 is 6.10 Å². The highest BCUT2D eigenvalue weighted by Crippen LogP contribution is 2.33. The highest BCUT2D eigenvalue weighted by atomic mass is 16.5. The zero-order valence-corrected chi connectivity index (χ0v) is 6.87. The van der Waals surface area contributed by atoms with Gasteiger partial charge in [-0.1, -0.05) is 0 Å². The predicted molar refractivity (Wildman–Crippen MR) is 44.0 cm³/mol. The molecule has 0 saturated heterocycles. The quantitative estimate of drug-likeness (QED) is 0.513. The number of nitrogens with one attached hydrogen (secondary N) is 1. The molecule has 0 saturated carbocycles. The minimum absolute atomic E-state index is 0.324. The molecule has 1 aromatic heterocycles. The van der Waals surface area contributed by atoms with Crippen LogP contribution in [0.1, 0.15) is 17.4 Å². The zero-order valence-electron chi connectivity index (χ0n) is 6.87. The van der Waals surface area contributed by atoms with Crippen LogP contribution in [0.25, 0.3) is 0 Å². The summed E-state index contributed by atoms with van der Waals surface area (Å²) in [6.45, 7) is 2.31. The van der Waals surface area contributed by atoms with Crippen molar-refractivity contribution in [2.75, 3.05) is 6.61 Å². The average Bonchev–Trinajstić information content (AvgIpc) is 2.41. The van der Waals surface area contributed by atoms with Crippen molar-refractivity contribution in [3.8, 4) is 5.75 Å². The van der Waals surface area contributed by atoms with Crippen molar-refractivity contribution < 1.29 is 9.84 Å². The molecule has 4 N–H and O–H groups in total. The number of aliphatic hydroxyl groups excluding tert-OH is 1. The van der Waals surface area contributed by atoms with Gasteiger partial charge in [-0.05, 0) is 6.92 Å². The van der Waals surface area contributed by atoms with Crippen LogP contribution in [0.15, 0.2) is 6.20 Å². The fourth-order valence-electron chi connectivity index (χ4n) is 1.43. The Kier molecular flexibility index (Phi) is 1.59. The van der Waals surface area contributed by atoms with Gasteiger partial charge in [0.1, 0.15) is 18.5 Å². The van der Waals surface area contributed by atoms with E-state index in [0.29, 0.717) is 12.3 Å². The lowest BCUT2D eigenvalue weighted by atomic mass is 10.1. The number of aliphatic hydroxyl groups is 1.